The van der Waals surface area contributed by atoms with Gasteiger partial charge in [-0.15, -0.1) is 0 Å². The van der Waals surface area contributed by atoms with E-state index in [1.807, 2.05) is 38.1 Å². The van der Waals surface area contributed by atoms with Gasteiger partial charge in [-0.2, -0.15) is 0 Å². The molecular formula is C15H25N3O2. The summed E-state index contributed by atoms with van der Waals surface area (Å²) in [6, 6.07) is 7.69. The van der Waals surface area contributed by atoms with Crippen LogP contribution in [0.5, 0.6) is 0 Å². The minimum Gasteiger partial charge on any atom is -0.395 e. The average Bonchev–Trinajstić information content (AvgIpc) is 2.46. The minimum atomic E-state index is 0.0152. The van der Waals surface area contributed by atoms with Gasteiger partial charge >= 0.3 is 0 Å². The van der Waals surface area contributed by atoms with Gasteiger partial charge in [0.2, 0.25) is 5.91 Å². The first kappa shape index (κ1) is 16.5. The van der Waals surface area contributed by atoms with Gasteiger partial charge in [-0.05, 0) is 37.7 Å². The van der Waals surface area contributed by atoms with Gasteiger partial charge in [0, 0.05) is 37.4 Å². The number of hydrogen-bond donors (Lipinski definition) is 3. The highest BCUT2D eigenvalue weighted by atomic mass is 16.3. The molecule has 0 unspecified atom stereocenters. The lowest BCUT2D eigenvalue weighted by Crippen LogP contribution is -2.26. The van der Waals surface area contributed by atoms with Crippen molar-refractivity contribution < 1.29 is 9.90 Å². The van der Waals surface area contributed by atoms with Gasteiger partial charge in [0.15, 0.2) is 0 Å². The van der Waals surface area contributed by atoms with Crippen molar-refractivity contribution in [3.63, 3.8) is 0 Å². The monoisotopic (exact) mass is 279 g/mol. The van der Waals surface area contributed by atoms with Crippen LogP contribution in [0.3, 0.4) is 0 Å². The quantitative estimate of drug-likeness (QED) is 0.599. The zero-order chi connectivity index (χ0) is 14.8. The van der Waals surface area contributed by atoms with E-state index < -0.39 is 0 Å². The number of carbonyl (C=O) groups is 1. The zero-order valence-corrected chi connectivity index (χ0v) is 12.4. The molecule has 112 valence electrons. The fourth-order valence-electron chi connectivity index (χ4n) is 1.95. The van der Waals surface area contributed by atoms with Crippen molar-refractivity contribution in [2.45, 2.75) is 20.3 Å². The second kappa shape index (κ2) is 9.34. The summed E-state index contributed by atoms with van der Waals surface area (Å²) >= 11 is 0. The SMILES string of the molecule is CCNCCC(=O)Nc1ccc(N(CC)CCO)cc1. The number of hydrogen-bond acceptors (Lipinski definition) is 4. The topological polar surface area (TPSA) is 64.6 Å². The molecule has 0 radical (unpaired) electrons. The Hall–Kier alpha value is -1.59. The first-order chi connectivity index (χ1) is 9.71. The van der Waals surface area contributed by atoms with Crippen LogP contribution in [0.1, 0.15) is 20.3 Å². The third kappa shape index (κ3) is 5.59. The Morgan fingerprint density at radius 3 is 2.50 bits per heavy atom. The number of nitrogens with zero attached hydrogens (tertiary/aromatic N) is 1. The van der Waals surface area contributed by atoms with E-state index in [0.29, 0.717) is 19.5 Å². The fourth-order valence-corrected chi connectivity index (χ4v) is 1.95. The number of carbonyl (C=O) groups excluding carboxylic acids is 1. The highest BCUT2D eigenvalue weighted by molar-refractivity contribution is 5.91. The Labute approximate surface area is 121 Å². The summed E-state index contributed by atoms with van der Waals surface area (Å²) < 4.78 is 0. The van der Waals surface area contributed by atoms with E-state index in [1.54, 1.807) is 0 Å². The molecular weight excluding hydrogens is 254 g/mol. The number of benzene rings is 1. The number of aliphatic hydroxyl groups excluding tert-OH is 1. The number of aliphatic hydroxyl groups is 1. The van der Waals surface area contributed by atoms with Crippen LogP contribution in [-0.4, -0.2) is 43.8 Å². The summed E-state index contributed by atoms with van der Waals surface area (Å²) in [4.78, 5) is 13.8. The van der Waals surface area contributed by atoms with E-state index in [-0.39, 0.29) is 12.5 Å². The largest absolute Gasteiger partial charge is 0.395 e. The summed E-state index contributed by atoms with van der Waals surface area (Å²) in [7, 11) is 0. The van der Waals surface area contributed by atoms with Gasteiger partial charge in [-0.3, -0.25) is 4.79 Å². The first-order valence-corrected chi connectivity index (χ1v) is 7.17. The zero-order valence-electron chi connectivity index (χ0n) is 12.4. The molecule has 0 fully saturated rings. The molecule has 0 aliphatic heterocycles. The van der Waals surface area contributed by atoms with E-state index in [0.717, 1.165) is 24.5 Å². The lowest BCUT2D eigenvalue weighted by molar-refractivity contribution is -0.116. The lowest BCUT2D eigenvalue weighted by Gasteiger charge is -2.22. The van der Waals surface area contributed by atoms with Crippen molar-refractivity contribution in [3.8, 4) is 0 Å². The molecule has 0 saturated heterocycles. The maximum atomic E-state index is 11.7. The van der Waals surface area contributed by atoms with Crippen molar-refractivity contribution in [2.75, 3.05) is 43.0 Å². The van der Waals surface area contributed by atoms with E-state index >= 15 is 0 Å². The van der Waals surface area contributed by atoms with Gasteiger partial charge < -0.3 is 20.6 Å². The number of likely N-dealkylation sites (N-methyl/N-ethyl adjacent to an activating group) is 1. The van der Waals surface area contributed by atoms with Gasteiger partial charge in [0.05, 0.1) is 6.61 Å². The van der Waals surface area contributed by atoms with Gasteiger partial charge in [-0.1, -0.05) is 6.92 Å². The molecule has 0 aliphatic carbocycles. The Balaban J connectivity index is 2.51. The highest BCUT2D eigenvalue weighted by Crippen LogP contribution is 2.17. The minimum absolute atomic E-state index is 0.0152. The molecule has 0 atom stereocenters. The van der Waals surface area contributed by atoms with Gasteiger partial charge in [0.25, 0.3) is 0 Å². The molecule has 0 spiro atoms. The molecule has 20 heavy (non-hydrogen) atoms. The number of rotatable bonds is 9. The average molecular weight is 279 g/mol. The normalized spacial score (nSPS) is 10.3. The van der Waals surface area contributed by atoms with Crippen LogP contribution in [0.25, 0.3) is 0 Å². The first-order valence-electron chi connectivity index (χ1n) is 7.17. The second-order valence-corrected chi connectivity index (χ2v) is 4.50. The maximum Gasteiger partial charge on any atom is 0.225 e. The predicted octanol–water partition coefficient (Wildman–Crippen LogP) is 1.44. The molecule has 0 aromatic heterocycles. The fraction of sp³-hybridized carbons (Fsp3) is 0.533. The van der Waals surface area contributed by atoms with Gasteiger partial charge in [0.1, 0.15) is 0 Å². The number of anilines is 2. The smallest absolute Gasteiger partial charge is 0.225 e. The van der Waals surface area contributed by atoms with Crippen molar-refractivity contribution in [3.05, 3.63) is 24.3 Å². The molecule has 0 saturated carbocycles. The van der Waals surface area contributed by atoms with Crippen LogP contribution >= 0.6 is 0 Å². The van der Waals surface area contributed by atoms with Crippen LogP contribution in [0.15, 0.2) is 24.3 Å². The molecule has 0 aliphatic rings. The maximum absolute atomic E-state index is 11.7. The van der Waals surface area contributed by atoms with Crippen LogP contribution in [0.4, 0.5) is 11.4 Å². The molecule has 1 aromatic carbocycles. The number of amides is 1. The second-order valence-electron chi connectivity index (χ2n) is 4.50. The third-order valence-corrected chi connectivity index (χ3v) is 3.05. The van der Waals surface area contributed by atoms with E-state index in [4.69, 9.17) is 5.11 Å². The van der Waals surface area contributed by atoms with Crippen LogP contribution < -0.4 is 15.5 Å². The van der Waals surface area contributed by atoms with Crippen molar-refractivity contribution in [1.29, 1.82) is 0 Å². The molecule has 0 heterocycles. The Morgan fingerprint density at radius 1 is 1.25 bits per heavy atom. The standard InChI is InChI=1S/C15H25N3O2/c1-3-16-10-9-15(20)17-13-5-7-14(8-6-13)18(4-2)11-12-19/h5-8,16,19H,3-4,9-12H2,1-2H3,(H,17,20). The molecule has 3 N–H and O–H groups in total. The molecule has 1 rings (SSSR count). The number of nitrogens with one attached hydrogen (secondary N) is 2. The molecule has 5 nitrogen and oxygen atoms in total. The molecule has 5 heteroatoms. The van der Waals surface area contributed by atoms with Crippen LogP contribution in [-0.2, 0) is 4.79 Å². The van der Waals surface area contributed by atoms with Crippen LogP contribution in [0, 0.1) is 0 Å². The molecule has 1 amide bonds. The summed E-state index contributed by atoms with van der Waals surface area (Å²) in [5, 5.41) is 15.0. The van der Waals surface area contributed by atoms with E-state index in [2.05, 4.69) is 15.5 Å². The Morgan fingerprint density at radius 2 is 1.95 bits per heavy atom. The van der Waals surface area contributed by atoms with Crippen molar-refractivity contribution in [1.82, 2.24) is 5.32 Å². The van der Waals surface area contributed by atoms with E-state index in [1.165, 1.54) is 0 Å². The third-order valence-electron chi connectivity index (χ3n) is 3.05. The Bertz CT molecular complexity index is 393. The van der Waals surface area contributed by atoms with Crippen molar-refractivity contribution in [2.24, 2.45) is 0 Å². The van der Waals surface area contributed by atoms with Crippen LogP contribution in [0.2, 0.25) is 0 Å². The molecule has 1 aromatic rings. The summed E-state index contributed by atoms with van der Waals surface area (Å²) in [5.41, 5.74) is 1.85. The van der Waals surface area contributed by atoms with E-state index in [9.17, 15) is 4.79 Å². The lowest BCUT2D eigenvalue weighted by atomic mass is 10.2. The van der Waals surface area contributed by atoms with Gasteiger partial charge in [-0.25, -0.2) is 0 Å². The Kier molecular flexibility index (Phi) is 7.69. The predicted molar refractivity (Wildman–Crippen MR) is 83.2 cm³/mol. The van der Waals surface area contributed by atoms with Crippen molar-refractivity contribution >= 4 is 17.3 Å². The molecule has 0 bridgehead atoms. The summed E-state index contributed by atoms with van der Waals surface area (Å²) in [6.07, 6.45) is 0.473. The highest BCUT2D eigenvalue weighted by Gasteiger charge is 2.05. The summed E-state index contributed by atoms with van der Waals surface area (Å²) in [5.74, 6) is 0.0152. The summed E-state index contributed by atoms with van der Waals surface area (Å²) in [6.45, 7) is 7.23.